The van der Waals surface area contributed by atoms with Gasteiger partial charge in [0, 0.05) is 11.8 Å². The second-order valence-corrected chi connectivity index (χ2v) is 4.47. The molecule has 0 unspecified atom stereocenters. The van der Waals surface area contributed by atoms with E-state index >= 15 is 0 Å². The molecule has 3 rings (SSSR count). The lowest BCUT2D eigenvalue weighted by Gasteiger charge is -2.02. The van der Waals surface area contributed by atoms with Crippen LogP contribution in [0, 0.1) is 0 Å². The molecule has 0 amide bonds. The monoisotopic (exact) mass is 276 g/mol. The van der Waals surface area contributed by atoms with Crippen LogP contribution in [0.4, 0.5) is 0 Å². The molecule has 0 saturated heterocycles. The van der Waals surface area contributed by atoms with Gasteiger partial charge in [0.1, 0.15) is 0 Å². The van der Waals surface area contributed by atoms with Gasteiger partial charge in [-0.1, -0.05) is 43.5 Å². The Morgan fingerprint density at radius 2 is 2.05 bits per heavy atom. The molecule has 1 aromatic carbocycles. The summed E-state index contributed by atoms with van der Waals surface area (Å²) in [5.41, 5.74) is 0.673. The number of rotatable bonds is 2. The number of pyridine rings is 1. The quantitative estimate of drug-likeness (QED) is 0.709. The van der Waals surface area contributed by atoms with Crippen LogP contribution in [-0.4, -0.2) is 9.97 Å². The Kier molecular flexibility index (Phi) is 3.20. The van der Waals surface area contributed by atoms with Gasteiger partial charge in [-0.15, -0.1) is 0 Å². The average molecular weight is 276 g/mol. The third-order valence-corrected chi connectivity index (χ3v) is 3.17. The highest BCUT2D eigenvalue weighted by molar-refractivity contribution is 5.78. The molecule has 0 saturated carbocycles. The van der Waals surface area contributed by atoms with E-state index < -0.39 is 5.63 Å². The van der Waals surface area contributed by atoms with E-state index in [0.29, 0.717) is 16.5 Å². The van der Waals surface area contributed by atoms with Gasteiger partial charge in [0.25, 0.3) is 0 Å². The second-order valence-electron chi connectivity index (χ2n) is 4.47. The summed E-state index contributed by atoms with van der Waals surface area (Å²) < 4.78 is 5.32. The lowest BCUT2D eigenvalue weighted by Crippen LogP contribution is -2.25. The minimum Gasteiger partial charge on any atom is -0.403 e. The maximum absolute atomic E-state index is 12.0. The number of allylic oxidation sites excluding steroid dienone is 1. The molecule has 0 aliphatic rings. The van der Waals surface area contributed by atoms with Crippen molar-refractivity contribution < 1.29 is 4.42 Å². The number of benzene rings is 1. The predicted molar refractivity (Wildman–Crippen MR) is 82.0 cm³/mol. The van der Waals surface area contributed by atoms with Gasteiger partial charge < -0.3 is 4.42 Å². The third kappa shape index (κ3) is 2.27. The molecule has 102 valence electrons. The zero-order valence-electron chi connectivity index (χ0n) is 11.2. The van der Waals surface area contributed by atoms with Crippen molar-refractivity contribution in [3.63, 3.8) is 0 Å². The smallest absolute Gasteiger partial charge is 0.347 e. The Bertz CT molecular complexity index is 1000. The summed E-state index contributed by atoms with van der Waals surface area (Å²) >= 11 is 0. The maximum Gasteiger partial charge on any atom is 0.347 e. The summed E-state index contributed by atoms with van der Waals surface area (Å²) in [4.78, 5) is 20.4. The molecule has 0 fully saturated rings. The zero-order valence-corrected chi connectivity index (χ0v) is 11.2. The predicted octanol–water partition coefficient (Wildman–Crippen LogP) is 1.38. The van der Waals surface area contributed by atoms with Crippen LogP contribution in [0.25, 0.3) is 23.1 Å². The van der Waals surface area contributed by atoms with Gasteiger partial charge in [0.05, 0.1) is 17.1 Å². The van der Waals surface area contributed by atoms with Crippen LogP contribution in [-0.2, 0) is 0 Å². The van der Waals surface area contributed by atoms with E-state index in [0.717, 1.165) is 10.4 Å². The van der Waals surface area contributed by atoms with Gasteiger partial charge >= 0.3 is 5.63 Å². The van der Waals surface area contributed by atoms with Crippen LogP contribution in [0.2, 0.25) is 0 Å². The molecule has 0 spiro atoms. The van der Waals surface area contributed by atoms with Gasteiger partial charge in [-0.05, 0) is 16.5 Å². The molecule has 0 atom stereocenters. The highest BCUT2D eigenvalue weighted by Gasteiger charge is 2.09. The fraction of sp³-hybridized carbons (Fsp3) is 0. The van der Waals surface area contributed by atoms with Crippen molar-refractivity contribution in [3.05, 3.63) is 82.1 Å². The van der Waals surface area contributed by atoms with Crippen molar-refractivity contribution in [1.82, 2.24) is 9.97 Å². The van der Waals surface area contributed by atoms with Crippen LogP contribution in [0.1, 0.15) is 5.89 Å². The first-order chi connectivity index (χ1) is 10.2. The molecular formula is C17H12N2O2. The Balaban J connectivity index is 2.42. The molecule has 0 aliphatic heterocycles. The van der Waals surface area contributed by atoms with Gasteiger partial charge in [-0.3, -0.25) is 4.98 Å². The molecule has 3 aromatic rings. The highest BCUT2D eigenvalue weighted by Crippen LogP contribution is 2.11. The van der Waals surface area contributed by atoms with Gasteiger partial charge in [0.15, 0.2) is 0 Å². The van der Waals surface area contributed by atoms with Crippen molar-refractivity contribution in [2.75, 3.05) is 0 Å². The molecule has 4 heteroatoms. The summed E-state index contributed by atoms with van der Waals surface area (Å²) in [6.07, 6.45) is 4.67. The minimum atomic E-state index is -0.446. The number of fused-ring (bicyclic) bond motifs is 1. The Morgan fingerprint density at radius 1 is 1.24 bits per heavy atom. The first-order valence-corrected chi connectivity index (χ1v) is 6.36. The molecule has 0 bridgehead atoms. The average Bonchev–Trinajstić information content (AvgIpc) is 2.50. The Labute approximate surface area is 120 Å². The largest absolute Gasteiger partial charge is 0.403 e. The van der Waals surface area contributed by atoms with E-state index in [-0.39, 0.29) is 5.89 Å². The number of aromatic nitrogens is 2. The molecule has 0 radical (unpaired) electrons. The Morgan fingerprint density at radius 3 is 2.81 bits per heavy atom. The topological polar surface area (TPSA) is 56.0 Å². The van der Waals surface area contributed by atoms with Crippen LogP contribution in [0.3, 0.4) is 0 Å². The molecule has 4 nitrogen and oxygen atoms in total. The summed E-state index contributed by atoms with van der Waals surface area (Å²) in [5, 5.41) is 2.04. The molecular weight excluding hydrogens is 264 g/mol. The summed E-state index contributed by atoms with van der Waals surface area (Å²) in [6.45, 7) is 7.75. The van der Waals surface area contributed by atoms with Crippen molar-refractivity contribution in [1.29, 1.82) is 0 Å². The highest BCUT2D eigenvalue weighted by atomic mass is 16.4. The van der Waals surface area contributed by atoms with Gasteiger partial charge in [-0.2, -0.15) is 0 Å². The number of hydrogen-bond acceptors (Lipinski definition) is 4. The van der Waals surface area contributed by atoms with Crippen molar-refractivity contribution in [2.45, 2.75) is 0 Å². The number of nitrogens with zero attached hydrogens (tertiary/aromatic N) is 2. The van der Waals surface area contributed by atoms with E-state index in [4.69, 9.17) is 4.42 Å². The van der Waals surface area contributed by atoms with Crippen LogP contribution >= 0.6 is 0 Å². The van der Waals surface area contributed by atoms with E-state index in [2.05, 4.69) is 23.1 Å². The lowest BCUT2D eigenvalue weighted by molar-refractivity contribution is 0.487. The van der Waals surface area contributed by atoms with Crippen LogP contribution in [0.5, 0.6) is 0 Å². The number of hydrogen-bond donors (Lipinski definition) is 0. The van der Waals surface area contributed by atoms with Crippen molar-refractivity contribution in [2.24, 2.45) is 0 Å². The molecule has 0 aliphatic carbocycles. The van der Waals surface area contributed by atoms with Crippen molar-refractivity contribution in [3.8, 4) is 0 Å². The molecule has 0 N–H and O–H groups in total. The molecule has 2 aromatic heterocycles. The third-order valence-electron chi connectivity index (χ3n) is 3.17. The lowest BCUT2D eigenvalue weighted by atomic mass is 10.1. The zero-order chi connectivity index (χ0) is 14.8. The summed E-state index contributed by atoms with van der Waals surface area (Å²) in [6, 6.07) is 9.11. The standard InChI is InChI=1S/C17H12N2O2/c1-3-12(13-7-5-4-6-11(13)2)16-19-15-10-18-9-8-14(15)17(20)21-16/h3-10H,1-2H2/b13-12+. The second kappa shape index (κ2) is 5.17. The molecule has 2 heterocycles. The first kappa shape index (κ1) is 13.0. The van der Waals surface area contributed by atoms with Crippen LogP contribution in [0.15, 0.2) is 64.6 Å². The Hall–Kier alpha value is -3.01. The normalized spacial score (nSPS) is 12.2. The van der Waals surface area contributed by atoms with Gasteiger partial charge in [-0.25, -0.2) is 9.78 Å². The maximum atomic E-state index is 12.0. The van der Waals surface area contributed by atoms with E-state index in [9.17, 15) is 4.79 Å². The van der Waals surface area contributed by atoms with Gasteiger partial charge in [0.2, 0.25) is 5.89 Å². The van der Waals surface area contributed by atoms with Crippen LogP contribution < -0.4 is 16.1 Å². The fourth-order valence-corrected chi connectivity index (χ4v) is 2.13. The summed E-state index contributed by atoms with van der Waals surface area (Å²) in [5.74, 6) is 0.214. The van der Waals surface area contributed by atoms with E-state index in [1.165, 1.54) is 12.4 Å². The fourth-order valence-electron chi connectivity index (χ4n) is 2.13. The van der Waals surface area contributed by atoms with E-state index in [1.54, 1.807) is 12.1 Å². The minimum absolute atomic E-state index is 0.214. The molecule has 21 heavy (non-hydrogen) atoms. The summed E-state index contributed by atoms with van der Waals surface area (Å²) in [7, 11) is 0. The SMILES string of the molecule is C=C/C(c1nc2cnccc2c(=O)o1)=c1/ccccc1=C. The van der Waals surface area contributed by atoms with E-state index in [1.807, 2.05) is 24.3 Å². The first-order valence-electron chi connectivity index (χ1n) is 6.36. The van der Waals surface area contributed by atoms with Crippen molar-refractivity contribution >= 4 is 23.1 Å².